The number of ketones is 2. The summed E-state index contributed by atoms with van der Waals surface area (Å²) in [4.78, 5) is 34.9. The van der Waals surface area contributed by atoms with Crippen molar-refractivity contribution in [2.45, 2.75) is 52.6 Å². The van der Waals surface area contributed by atoms with Crippen LogP contribution in [0.2, 0.25) is 0 Å². The van der Waals surface area contributed by atoms with Crippen molar-refractivity contribution in [3.63, 3.8) is 0 Å². The van der Waals surface area contributed by atoms with E-state index in [9.17, 15) is 14.4 Å². The lowest BCUT2D eigenvalue weighted by molar-refractivity contribution is -0.143. The minimum absolute atomic E-state index is 0.00946. The molecule has 0 amide bonds. The summed E-state index contributed by atoms with van der Waals surface area (Å²) in [7, 11) is 0. The average Bonchev–Trinajstić information content (AvgIpc) is 2.51. The first-order valence-electron chi connectivity index (χ1n) is 6.82. The fourth-order valence-electron chi connectivity index (χ4n) is 3.00. The lowest BCUT2D eigenvalue weighted by atomic mass is 9.87. The van der Waals surface area contributed by atoms with Crippen LogP contribution in [0.25, 0.3) is 0 Å². The van der Waals surface area contributed by atoms with Crippen LogP contribution < -0.4 is 0 Å². The second-order valence-corrected chi connectivity index (χ2v) is 5.72. The van der Waals surface area contributed by atoms with E-state index in [-0.39, 0.29) is 35.5 Å². The Morgan fingerprint density at radius 2 is 2.00 bits per heavy atom. The van der Waals surface area contributed by atoms with Gasteiger partial charge in [-0.15, -0.1) is 0 Å². The highest BCUT2D eigenvalue weighted by atomic mass is 16.6. The predicted octanol–water partition coefficient (Wildman–Crippen LogP) is 2.21. The molecule has 1 aliphatic carbocycles. The van der Waals surface area contributed by atoms with Crippen LogP contribution >= 0.6 is 0 Å². The number of hydrogen-bond acceptors (Lipinski definition) is 4. The number of Topliss-reactive ketones (excluding diaryl/α,β-unsaturated/α-hetero) is 2. The van der Waals surface area contributed by atoms with Gasteiger partial charge in [-0.3, -0.25) is 9.59 Å². The molecule has 4 heteroatoms. The standard InChI is InChI=1S/C15H20O4/c1-8-6-14-12(10(3)15(18)19-14)7-13(17)11(8)5-4-9(2)16/h10,12,14H,4-7H2,1-3H3. The van der Waals surface area contributed by atoms with Crippen molar-refractivity contribution in [2.75, 3.05) is 0 Å². The number of rotatable bonds is 3. The Hall–Kier alpha value is -1.45. The largest absolute Gasteiger partial charge is 0.461 e. The van der Waals surface area contributed by atoms with Crippen molar-refractivity contribution in [3.8, 4) is 0 Å². The van der Waals surface area contributed by atoms with Crippen LogP contribution in [-0.2, 0) is 19.1 Å². The van der Waals surface area contributed by atoms with Crippen molar-refractivity contribution in [2.24, 2.45) is 11.8 Å². The van der Waals surface area contributed by atoms with E-state index in [4.69, 9.17) is 4.74 Å². The molecule has 0 radical (unpaired) electrons. The third kappa shape index (κ3) is 2.77. The maximum atomic E-state index is 12.3. The van der Waals surface area contributed by atoms with Crippen LogP contribution in [0, 0.1) is 11.8 Å². The Kier molecular flexibility index (Phi) is 3.88. The van der Waals surface area contributed by atoms with E-state index >= 15 is 0 Å². The fraction of sp³-hybridized carbons (Fsp3) is 0.667. The van der Waals surface area contributed by atoms with Gasteiger partial charge < -0.3 is 9.53 Å². The molecule has 2 rings (SSSR count). The van der Waals surface area contributed by atoms with Gasteiger partial charge in [-0.05, 0) is 25.8 Å². The molecular formula is C15H20O4. The molecule has 0 bridgehead atoms. The number of fused-ring (bicyclic) bond motifs is 1. The molecule has 3 atom stereocenters. The van der Waals surface area contributed by atoms with E-state index in [1.165, 1.54) is 6.92 Å². The highest BCUT2D eigenvalue weighted by Gasteiger charge is 2.44. The Morgan fingerprint density at radius 3 is 2.63 bits per heavy atom. The topological polar surface area (TPSA) is 60.4 Å². The molecular weight excluding hydrogens is 244 g/mol. The lowest BCUT2D eigenvalue weighted by Crippen LogP contribution is -2.20. The van der Waals surface area contributed by atoms with E-state index in [0.29, 0.717) is 25.7 Å². The fourth-order valence-corrected chi connectivity index (χ4v) is 3.00. The van der Waals surface area contributed by atoms with E-state index in [0.717, 1.165) is 11.1 Å². The molecule has 0 aromatic carbocycles. The minimum atomic E-state index is -0.200. The van der Waals surface area contributed by atoms with Gasteiger partial charge in [0.25, 0.3) is 0 Å². The van der Waals surface area contributed by atoms with Crippen LogP contribution in [0.4, 0.5) is 0 Å². The van der Waals surface area contributed by atoms with Crippen molar-refractivity contribution in [3.05, 3.63) is 11.1 Å². The third-order valence-electron chi connectivity index (χ3n) is 4.27. The summed E-state index contributed by atoms with van der Waals surface area (Å²) in [6.45, 7) is 5.28. The first-order chi connectivity index (χ1) is 8.90. The molecule has 0 saturated carbocycles. The third-order valence-corrected chi connectivity index (χ3v) is 4.27. The Morgan fingerprint density at radius 1 is 1.32 bits per heavy atom. The molecule has 1 saturated heterocycles. The average molecular weight is 264 g/mol. The smallest absolute Gasteiger partial charge is 0.309 e. The number of carbonyl (C=O) groups excluding carboxylic acids is 3. The molecule has 2 aliphatic rings. The van der Waals surface area contributed by atoms with Gasteiger partial charge >= 0.3 is 5.97 Å². The van der Waals surface area contributed by atoms with Crippen LogP contribution in [0.3, 0.4) is 0 Å². The Labute approximate surface area is 113 Å². The van der Waals surface area contributed by atoms with Crippen LogP contribution in [-0.4, -0.2) is 23.6 Å². The molecule has 1 fully saturated rings. The highest BCUT2D eigenvalue weighted by Crippen LogP contribution is 2.38. The van der Waals surface area contributed by atoms with E-state index in [2.05, 4.69) is 0 Å². The first kappa shape index (κ1) is 14.0. The van der Waals surface area contributed by atoms with Crippen molar-refractivity contribution in [1.29, 1.82) is 0 Å². The molecule has 1 aliphatic heterocycles. The Bertz CT molecular complexity index is 461. The first-order valence-corrected chi connectivity index (χ1v) is 6.82. The number of carbonyl (C=O) groups is 3. The maximum Gasteiger partial charge on any atom is 0.309 e. The molecule has 0 N–H and O–H groups in total. The van der Waals surface area contributed by atoms with E-state index in [1.54, 1.807) is 0 Å². The van der Waals surface area contributed by atoms with Gasteiger partial charge in [-0.1, -0.05) is 12.5 Å². The second-order valence-electron chi connectivity index (χ2n) is 5.72. The highest BCUT2D eigenvalue weighted by molar-refractivity contribution is 5.97. The maximum absolute atomic E-state index is 12.3. The van der Waals surface area contributed by atoms with Crippen molar-refractivity contribution < 1.29 is 19.1 Å². The van der Waals surface area contributed by atoms with Crippen molar-refractivity contribution in [1.82, 2.24) is 0 Å². The summed E-state index contributed by atoms with van der Waals surface area (Å²) < 4.78 is 5.36. The zero-order valence-electron chi connectivity index (χ0n) is 11.7. The SMILES string of the molecule is CC(=O)CCC1=C(C)CC2OC(=O)C(C)C2CC1=O. The summed E-state index contributed by atoms with van der Waals surface area (Å²) in [5.74, 6) is -0.227. The monoisotopic (exact) mass is 264 g/mol. The van der Waals surface area contributed by atoms with Crippen LogP contribution in [0.1, 0.15) is 46.5 Å². The van der Waals surface area contributed by atoms with E-state index in [1.807, 2.05) is 13.8 Å². The lowest BCUT2D eigenvalue weighted by Gasteiger charge is -2.15. The molecule has 1 heterocycles. The quantitative estimate of drug-likeness (QED) is 0.733. The van der Waals surface area contributed by atoms with Gasteiger partial charge in [-0.2, -0.15) is 0 Å². The summed E-state index contributed by atoms with van der Waals surface area (Å²) in [6, 6.07) is 0. The van der Waals surface area contributed by atoms with Crippen LogP contribution in [0.15, 0.2) is 11.1 Å². The van der Waals surface area contributed by atoms with Gasteiger partial charge in [0.15, 0.2) is 5.78 Å². The molecule has 19 heavy (non-hydrogen) atoms. The second kappa shape index (κ2) is 5.27. The van der Waals surface area contributed by atoms with Gasteiger partial charge in [0.2, 0.25) is 0 Å². The molecule has 0 aromatic heterocycles. The zero-order valence-corrected chi connectivity index (χ0v) is 11.7. The van der Waals surface area contributed by atoms with Gasteiger partial charge in [0.1, 0.15) is 11.9 Å². The van der Waals surface area contributed by atoms with Gasteiger partial charge in [0, 0.05) is 25.2 Å². The molecule has 0 aromatic rings. The Balaban J connectivity index is 2.18. The summed E-state index contributed by atoms with van der Waals surface area (Å²) in [5.41, 5.74) is 1.74. The summed E-state index contributed by atoms with van der Waals surface area (Å²) in [6.07, 6.45) is 1.74. The zero-order chi connectivity index (χ0) is 14.2. The van der Waals surface area contributed by atoms with Gasteiger partial charge in [-0.25, -0.2) is 0 Å². The number of allylic oxidation sites excluding steroid dienone is 1. The molecule has 0 spiro atoms. The molecule has 104 valence electrons. The number of esters is 1. The van der Waals surface area contributed by atoms with Crippen molar-refractivity contribution >= 4 is 17.5 Å². The summed E-state index contributed by atoms with van der Waals surface area (Å²) in [5, 5.41) is 0. The van der Waals surface area contributed by atoms with E-state index < -0.39 is 0 Å². The van der Waals surface area contributed by atoms with Crippen LogP contribution in [0.5, 0.6) is 0 Å². The normalized spacial score (nSPS) is 31.0. The number of hydrogen-bond donors (Lipinski definition) is 0. The molecule has 4 nitrogen and oxygen atoms in total. The summed E-state index contributed by atoms with van der Waals surface area (Å²) >= 11 is 0. The molecule has 3 unspecified atom stereocenters. The number of ether oxygens (including phenoxy) is 1. The van der Waals surface area contributed by atoms with Gasteiger partial charge in [0.05, 0.1) is 5.92 Å². The minimum Gasteiger partial charge on any atom is -0.461 e. The predicted molar refractivity (Wildman–Crippen MR) is 69.4 cm³/mol.